The first-order chi connectivity index (χ1) is 13.0. The van der Waals surface area contributed by atoms with Crippen molar-refractivity contribution >= 4 is 23.2 Å². The van der Waals surface area contributed by atoms with Crippen LogP contribution in [-0.4, -0.2) is 38.0 Å². The van der Waals surface area contributed by atoms with Gasteiger partial charge in [-0.25, -0.2) is 0 Å². The summed E-state index contributed by atoms with van der Waals surface area (Å²) in [5, 5.41) is 2.88. The van der Waals surface area contributed by atoms with E-state index in [0.29, 0.717) is 18.7 Å². The van der Waals surface area contributed by atoms with Gasteiger partial charge in [0.1, 0.15) is 0 Å². The maximum Gasteiger partial charge on any atom is 0.251 e. The largest absolute Gasteiger partial charge is 0.372 e. The molecule has 5 nitrogen and oxygen atoms in total. The van der Waals surface area contributed by atoms with Gasteiger partial charge in [0.25, 0.3) is 5.91 Å². The molecular formula is C22H29N3O2. The standard InChI is InChI=1S/C22H29N3O2/c1-5-24(6-2)20-11-13-21(14-12-20)25(18(4)26)16-15-23-22(27)19-9-7-17(3)8-10-19/h7-14H,5-6,15-16H2,1-4H3,(H,23,27). The molecule has 0 bridgehead atoms. The van der Waals surface area contributed by atoms with Crippen molar-refractivity contribution in [2.24, 2.45) is 0 Å². The van der Waals surface area contributed by atoms with Crippen molar-refractivity contribution < 1.29 is 9.59 Å². The smallest absolute Gasteiger partial charge is 0.251 e. The molecule has 0 heterocycles. The van der Waals surface area contributed by atoms with E-state index in [0.717, 1.165) is 30.0 Å². The maximum absolute atomic E-state index is 12.2. The highest BCUT2D eigenvalue weighted by Gasteiger charge is 2.13. The van der Waals surface area contributed by atoms with E-state index in [1.54, 1.807) is 24.0 Å². The second-order valence-corrected chi connectivity index (χ2v) is 6.48. The summed E-state index contributed by atoms with van der Waals surface area (Å²) in [4.78, 5) is 28.2. The molecule has 0 fully saturated rings. The average Bonchev–Trinajstić information content (AvgIpc) is 2.67. The van der Waals surface area contributed by atoms with E-state index in [4.69, 9.17) is 0 Å². The van der Waals surface area contributed by atoms with Gasteiger partial charge in [0.05, 0.1) is 0 Å². The number of amides is 2. The van der Waals surface area contributed by atoms with Crippen LogP contribution in [0.25, 0.3) is 0 Å². The Hall–Kier alpha value is -2.82. The first-order valence-electron chi connectivity index (χ1n) is 9.44. The molecule has 5 heteroatoms. The first kappa shape index (κ1) is 20.5. The second kappa shape index (κ2) is 9.76. The van der Waals surface area contributed by atoms with Crippen LogP contribution >= 0.6 is 0 Å². The van der Waals surface area contributed by atoms with Gasteiger partial charge in [-0.05, 0) is 57.2 Å². The monoisotopic (exact) mass is 367 g/mol. The molecule has 0 radical (unpaired) electrons. The van der Waals surface area contributed by atoms with Crippen molar-refractivity contribution in [1.82, 2.24) is 5.32 Å². The van der Waals surface area contributed by atoms with Gasteiger partial charge >= 0.3 is 0 Å². The SMILES string of the molecule is CCN(CC)c1ccc(N(CCNC(=O)c2ccc(C)cc2)C(C)=O)cc1. The average molecular weight is 367 g/mol. The van der Waals surface area contributed by atoms with Crippen LogP contribution in [0.15, 0.2) is 48.5 Å². The van der Waals surface area contributed by atoms with Crippen molar-refractivity contribution in [2.45, 2.75) is 27.7 Å². The first-order valence-corrected chi connectivity index (χ1v) is 9.44. The number of aryl methyl sites for hydroxylation is 1. The molecule has 0 aliphatic carbocycles. The quantitative estimate of drug-likeness (QED) is 0.775. The zero-order valence-corrected chi connectivity index (χ0v) is 16.7. The van der Waals surface area contributed by atoms with Gasteiger partial charge in [-0.15, -0.1) is 0 Å². The van der Waals surface area contributed by atoms with E-state index in [2.05, 4.69) is 24.1 Å². The summed E-state index contributed by atoms with van der Waals surface area (Å²) in [6, 6.07) is 15.4. The Morgan fingerprint density at radius 1 is 0.889 bits per heavy atom. The molecule has 2 amide bonds. The molecule has 1 N–H and O–H groups in total. The van der Waals surface area contributed by atoms with Crippen LogP contribution in [0.4, 0.5) is 11.4 Å². The molecule has 0 unspecified atom stereocenters. The minimum Gasteiger partial charge on any atom is -0.372 e. The molecule has 0 aromatic heterocycles. The highest BCUT2D eigenvalue weighted by molar-refractivity contribution is 5.94. The van der Waals surface area contributed by atoms with Crippen LogP contribution in [0, 0.1) is 6.92 Å². The number of rotatable bonds is 8. The van der Waals surface area contributed by atoms with Crippen LogP contribution in [0.2, 0.25) is 0 Å². The summed E-state index contributed by atoms with van der Waals surface area (Å²) in [6.07, 6.45) is 0. The van der Waals surface area contributed by atoms with Gasteiger partial charge in [0.15, 0.2) is 0 Å². The number of carbonyl (C=O) groups excluding carboxylic acids is 2. The van der Waals surface area contributed by atoms with Crippen molar-refractivity contribution in [3.05, 3.63) is 59.7 Å². The fourth-order valence-electron chi connectivity index (χ4n) is 2.99. The number of benzene rings is 2. The van der Waals surface area contributed by atoms with Gasteiger partial charge < -0.3 is 15.1 Å². The summed E-state index contributed by atoms with van der Waals surface area (Å²) < 4.78 is 0. The minimum absolute atomic E-state index is 0.0461. The van der Waals surface area contributed by atoms with Gasteiger partial charge in [-0.2, -0.15) is 0 Å². The predicted octanol–water partition coefficient (Wildman–Crippen LogP) is 3.62. The summed E-state index contributed by atoms with van der Waals surface area (Å²) in [6.45, 7) is 10.5. The Labute approximate surface area is 162 Å². The zero-order chi connectivity index (χ0) is 19.8. The summed E-state index contributed by atoms with van der Waals surface area (Å²) in [5.74, 6) is -0.175. The Bertz CT molecular complexity index is 750. The van der Waals surface area contributed by atoms with E-state index in [-0.39, 0.29) is 11.8 Å². The molecule has 0 saturated heterocycles. The molecule has 0 aliphatic rings. The van der Waals surface area contributed by atoms with Crippen LogP contribution in [0.1, 0.15) is 36.7 Å². The summed E-state index contributed by atoms with van der Waals surface area (Å²) in [7, 11) is 0. The third-order valence-corrected chi connectivity index (χ3v) is 4.60. The highest BCUT2D eigenvalue weighted by Crippen LogP contribution is 2.20. The molecule has 0 atom stereocenters. The number of nitrogens with zero attached hydrogens (tertiary/aromatic N) is 2. The molecular weight excluding hydrogens is 338 g/mol. The lowest BCUT2D eigenvalue weighted by atomic mass is 10.1. The summed E-state index contributed by atoms with van der Waals surface area (Å²) in [5.41, 5.74) is 3.71. The fourth-order valence-corrected chi connectivity index (χ4v) is 2.99. The van der Waals surface area contributed by atoms with E-state index in [9.17, 15) is 9.59 Å². The number of nitrogens with one attached hydrogen (secondary N) is 1. The third kappa shape index (κ3) is 5.58. The minimum atomic E-state index is -0.129. The van der Waals surface area contributed by atoms with Crippen LogP contribution in [-0.2, 0) is 4.79 Å². The van der Waals surface area contributed by atoms with Crippen LogP contribution < -0.4 is 15.1 Å². The van der Waals surface area contributed by atoms with Crippen LogP contribution in [0.3, 0.4) is 0 Å². The lowest BCUT2D eigenvalue weighted by molar-refractivity contribution is -0.116. The van der Waals surface area contributed by atoms with Gasteiger partial charge in [0.2, 0.25) is 5.91 Å². The number of carbonyl (C=O) groups is 2. The highest BCUT2D eigenvalue weighted by atomic mass is 16.2. The number of anilines is 2. The zero-order valence-electron chi connectivity index (χ0n) is 16.7. The predicted molar refractivity (Wildman–Crippen MR) is 112 cm³/mol. The molecule has 0 saturated carbocycles. The Kier molecular flexibility index (Phi) is 7.41. The van der Waals surface area contributed by atoms with Crippen molar-refractivity contribution in [1.29, 1.82) is 0 Å². The third-order valence-electron chi connectivity index (χ3n) is 4.60. The lowest BCUT2D eigenvalue weighted by Gasteiger charge is -2.24. The maximum atomic E-state index is 12.2. The normalized spacial score (nSPS) is 10.4. The van der Waals surface area contributed by atoms with E-state index in [1.807, 2.05) is 43.3 Å². The number of hydrogen-bond acceptors (Lipinski definition) is 3. The molecule has 0 aliphatic heterocycles. The lowest BCUT2D eigenvalue weighted by Crippen LogP contribution is -2.37. The van der Waals surface area contributed by atoms with E-state index in [1.165, 1.54) is 0 Å². The topological polar surface area (TPSA) is 52.6 Å². The van der Waals surface area contributed by atoms with Gasteiger partial charge in [-0.1, -0.05) is 17.7 Å². The Morgan fingerprint density at radius 3 is 1.96 bits per heavy atom. The molecule has 2 rings (SSSR count). The van der Waals surface area contributed by atoms with Crippen LogP contribution in [0.5, 0.6) is 0 Å². The fraction of sp³-hybridized carbons (Fsp3) is 0.364. The molecule has 2 aromatic carbocycles. The Balaban J connectivity index is 1.98. The van der Waals surface area contributed by atoms with Gasteiger partial charge in [0, 0.05) is 50.0 Å². The van der Waals surface area contributed by atoms with Gasteiger partial charge in [-0.3, -0.25) is 9.59 Å². The van der Waals surface area contributed by atoms with Crippen molar-refractivity contribution in [2.75, 3.05) is 36.0 Å². The molecule has 2 aromatic rings. The molecule has 144 valence electrons. The molecule has 27 heavy (non-hydrogen) atoms. The Morgan fingerprint density at radius 2 is 1.44 bits per heavy atom. The summed E-state index contributed by atoms with van der Waals surface area (Å²) >= 11 is 0. The van der Waals surface area contributed by atoms with E-state index >= 15 is 0 Å². The van der Waals surface area contributed by atoms with Crippen molar-refractivity contribution in [3.63, 3.8) is 0 Å². The number of hydrogen-bond donors (Lipinski definition) is 1. The second-order valence-electron chi connectivity index (χ2n) is 6.48. The van der Waals surface area contributed by atoms with Crippen molar-refractivity contribution in [3.8, 4) is 0 Å². The molecule has 0 spiro atoms. The van der Waals surface area contributed by atoms with E-state index < -0.39 is 0 Å².